The summed E-state index contributed by atoms with van der Waals surface area (Å²) in [6, 6.07) is 6.70. The summed E-state index contributed by atoms with van der Waals surface area (Å²) in [4.78, 5) is 36.8. The Morgan fingerprint density at radius 3 is 2.32 bits per heavy atom. The Labute approximate surface area is 161 Å². The van der Waals surface area contributed by atoms with Crippen molar-refractivity contribution in [3.8, 4) is 0 Å². The van der Waals surface area contributed by atoms with E-state index in [1.165, 1.54) is 19.3 Å². The number of nitrogens with zero attached hydrogens (tertiary/aromatic N) is 1. The minimum Gasteiger partial charge on any atom is -0.451 e. The molecule has 2 aromatic rings. The van der Waals surface area contributed by atoms with Gasteiger partial charge in [0, 0.05) is 10.9 Å². The smallest absolute Gasteiger partial charge is 0.359 e. The van der Waals surface area contributed by atoms with E-state index in [-0.39, 0.29) is 29.3 Å². The first kappa shape index (κ1) is 17.4. The van der Waals surface area contributed by atoms with Crippen LogP contribution in [0.3, 0.4) is 0 Å². The molecule has 4 aliphatic carbocycles. The highest BCUT2D eigenvalue weighted by Gasteiger charge is 2.51. The van der Waals surface area contributed by atoms with Gasteiger partial charge in [0.05, 0.1) is 5.39 Å². The van der Waals surface area contributed by atoms with Crippen LogP contribution in [0.1, 0.15) is 49.0 Å². The third-order valence-corrected chi connectivity index (χ3v) is 6.67. The number of amides is 1. The molecule has 4 fully saturated rings. The third kappa shape index (κ3) is 2.99. The maximum atomic E-state index is 12.5. The minimum absolute atomic E-state index is 0.0119. The van der Waals surface area contributed by atoms with E-state index in [9.17, 15) is 14.4 Å². The van der Waals surface area contributed by atoms with Crippen molar-refractivity contribution < 1.29 is 14.3 Å². The second-order valence-electron chi connectivity index (χ2n) is 8.77. The van der Waals surface area contributed by atoms with Crippen LogP contribution < -0.4 is 10.9 Å². The number of carbonyl (C=O) groups excluding carboxylic acids is 2. The molecule has 0 saturated heterocycles. The fraction of sp³-hybridized carbons (Fsp3) is 0.524. The van der Waals surface area contributed by atoms with Gasteiger partial charge in [-0.05, 0) is 62.3 Å². The van der Waals surface area contributed by atoms with Crippen LogP contribution in [-0.2, 0) is 9.53 Å². The molecule has 6 rings (SSSR count). The van der Waals surface area contributed by atoms with Crippen LogP contribution in [0.2, 0.25) is 0 Å². The number of aromatic nitrogens is 2. The van der Waals surface area contributed by atoms with Crippen LogP contribution in [0, 0.1) is 17.8 Å². The Bertz CT molecular complexity index is 977. The Kier molecular flexibility index (Phi) is 4.00. The lowest BCUT2D eigenvalue weighted by molar-refractivity contribution is -0.130. The van der Waals surface area contributed by atoms with Crippen molar-refractivity contribution in [1.82, 2.24) is 15.5 Å². The Balaban J connectivity index is 1.26. The topological polar surface area (TPSA) is 101 Å². The van der Waals surface area contributed by atoms with Crippen LogP contribution in [0.15, 0.2) is 29.1 Å². The minimum atomic E-state index is -0.715. The summed E-state index contributed by atoms with van der Waals surface area (Å²) >= 11 is 0. The molecule has 0 aliphatic heterocycles. The molecule has 1 aromatic heterocycles. The molecule has 1 heterocycles. The number of H-pyrrole nitrogens is 1. The Hall–Kier alpha value is -2.70. The van der Waals surface area contributed by atoms with Crippen LogP contribution >= 0.6 is 0 Å². The summed E-state index contributed by atoms with van der Waals surface area (Å²) in [5.41, 5.74) is -0.467. The van der Waals surface area contributed by atoms with Gasteiger partial charge in [0.15, 0.2) is 12.3 Å². The van der Waals surface area contributed by atoms with Crippen molar-refractivity contribution in [2.75, 3.05) is 6.61 Å². The standard InChI is InChI=1S/C21H23N3O4/c25-17(22-21-8-12-5-13(9-21)7-14(6-12)10-21)11-28-20(27)18-15-3-1-2-4-16(15)19(26)24-23-18/h1-4,12-14H,5-11H2,(H,22,25)(H,24,26). The molecule has 28 heavy (non-hydrogen) atoms. The van der Waals surface area contributed by atoms with E-state index in [1.54, 1.807) is 24.3 Å². The maximum absolute atomic E-state index is 12.5. The van der Waals surface area contributed by atoms with Gasteiger partial charge in [0.1, 0.15) is 0 Å². The molecule has 4 bridgehead atoms. The van der Waals surface area contributed by atoms with Gasteiger partial charge in [-0.25, -0.2) is 9.89 Å². The van der Waals surface area contributed by atoms with Gasteiger partial charge >= 0.3 is 5.97 Å². The van der Waals surface area contributed by atoms with E-state index < -0.39 is 5.97 Å². The fourth-order valence-electron chi connectivity index (χ4n) is 6.07. The molecule has 0 unspecified atom stereocenters. The van der Waals surface area contributed by atoms with Gasteiger partial charge in [-0.2, -0.15) is 5.10 Å². The summed E-state index contributed by atoms with van der Waals surface area (Å²) in [6.45, 7) is -0.338. The predicted octanol–water partition coefficient (Wildman–Crippen LogP) is 2.16. The molecule has 1 amide bonds. The molecule has 0 atom stereocenters. The number of fused-ring (bicyclic) bond motifs is 1. The maximum Gasteiger partial charge on any atom is 0.359 e. The summed E-state index contributed by atoms with van der Waals surface area (Å²) < 4.78 is 5.22. The summed E-state index contributed by atoms with van der Waals surface area (Å²) in [6.07, 6.45) is 7.04. The number of benzene rings is 1. The summed E-state index contributed by atoms with van der Waals surface area (Å²) in [5.74, 6) is 1.21. The second-order valence-corrected chi connectivity index (χ2v) is 8.77. The molecule has 4 saturated carbocycles. The van der Waals surface area contributed by atoms with E-state index >= 15 is 0 Å². The number of hydrogen-bond donors (Lipinski definition) is 2. The van der Waals surface area contributed by atoms with Crippen molar-refractivity contribution >= 4 is 22.6 Å². The Morgan fingerprint density at radius 2 is 1.68 bits per heavy atom. The molecular formula is C21H23N3O4. The van der Waals surface area contributed by atoms with E-state index in [4.69, 9.17) is 4.74 Å². The van der Waals surface area contributed by atoms with Gasteiger partial charge in [-0.15, -0.1) is 0 Å². The van der Waals surface area contributed by atoms with Crippen LogP contribution in [0.25, 0.3) is 10.8 Å². The molecule has 2 N–H and O–H groups in total. The van der Waals surface area contributed by atoms with Crippen molar-refractivity contribution in [3.05, 3.63) is 40.3 Å². The van der Waals surface area contributed by atoms with E-state index in [0.29, 0.717) is 10.8 Å². The number of hydrogen-bond acceptors (Lipinski definition) is 5. The zero-order valence-electron chi connectivity index (χ0n) is 15.6. The number of carbonyl (C=O) groups is 2. The molecule has 0 spiro atoms. The summed E-state index contributed by atoms with van der Waals surface area (Å²) in [7, 11) is 0. The van der Waals surface area contributed by atoms with E-state index in [2.05, 4.69) is 15.5 Å². The molecule has 0 radical (unpaired) electrons. The summed E-state index contributed by atoms with van der Waals surface area (Å²) in [5, 5.41) is 10.1. The SMILES string of the molecule is O=C(COC(=O)c1n[nH]c(=O)c2ccccc12)NC12CC3CC(CC(C3)C1)C2. The molecule has 1 aromatic carbocycles. The van der Waals surface area contributed by atoms with Gasteiger partial charge in [0.2, 0.25) is 0 Å². The number of esters is 1. The highest BCUT2D eigenvalue weighted by Crippen LogP contribution is 2.55. The fourth-order valence-corrected chi connectivity index (χ4v) is 6.07. The van der Waals surface area contributed by atoms with Crippen molar-refractivity contribution in [1.29, 1.82) is 0 Å². The quantitative estimate of drug-likeness (QED) is 0.791. The Morgan fingerprint density at radius 1 is 1.07 bits per heavy atom. The van der Waals surface area contributed by atoms with Crippen molar-refractivity contribution in [2.45, 2.75) is 44.1 Å². The van der Waals surface area contributed by atoms with E-state index in [1.807, 2.05) is 0 Å². The second kappa shape index (κ2) is 6.43. The van der Waals surface area contributed by atoms with Crippen molar-refractivity contribution in [2.24, 2.45) is 17.8 Å². The first-order chi connectivity index (χ1) is 13.5. The molecule has 7 heteroatoms. The monoisotopic (exact) mass is 381 g/mol. The van der Waals surface area contributed by atoms with Gasteiger partial charge in [0.25, 0.3) is 11.5 Å². The number of ether oxygens (including phenoxy) is 1. The number of rotatable bonds is 4. The molecule has 146 valence electrons. The van der Waals surface area contributed by atoms with Crippen molar-refractivity contribution in [3.63, 3.8) is 0 Å². The number of nitrogens with one attached hydrogen (secondary N) is 2. The first-order valence-corrected chi connectivity index (χ1v) is 9.97. The van der Waals surface area contributed by atoms with Crippen LogP contribution in [0.5, 0.6) is 0 Å². The largest absolute Gasteiger partial charge is 0.451 e. The lowest BCUT2D eigenvalue weighted by atomic mass is 9.53. The average Bonchev–Trinajstić information content (AvgIpc) is 2.65. The van der Waals surface area contributed by atoms with E-state index in [0.717, 1.165) is 37.0 Å². The van der Waals surface area contributed by atoms with Gasteiger partial charge < -0.3 is 10.1 Å². The zero-order chi connectivity index (χ0) is 19.3. The van der Waals surface area contributed by atoms with Crippen LogP contribution in [-0.4, -0.2) is 34.2 Å². The third-order valence-electron chi connectivity index (χ3n) is 6.67. The van der Waals surface area contributed by atoms with Gasteiger partial charge in [-0.3, -0.25) is 9.59 Å². The lowest BCUT2D eigenvalue weighted by Crippen LogP contribution is -2.60. The highest BCUT2D eigenvalue weighted by atomic mass is 16.5. The molecule has 7 nitrogen and oxygen atoms in total. The molecule has 4 aliphatic rings. The van der Waals surface area contributed by atoms with Gasteiger partial charge in [-0.1, -0.05) is 18.2 Å². The normalized spacial score (nSPS) is 30.4. The lowest BCUT2D eigenvalue weighted by Gasteiger charge is -2.56. The predicted molar refractivity (Wildman–Crippen MR) is 102 cm³/mol. The number of aromatic amines is 1. The first-order valence-electron chi connectivity index (χ1n) is 9.97. The average molecular weight is 381 g/mol. The zero-order valence-corrected chi connectivity index (χ0v) is 15.6. The van der Waals surface area contributed by atoms with Crippen LogP contribution in [0.4, 0.5) is 0 Å². The molecular weight excluding hydrogens is 358 g/mol. The highest BCUT2D eigenvalue weighted by molar-refractivity contribution is 6.02.